The molecule has 0 fully saturated rings. The van der Waals surface area contributed by atoms with Crippen molar-refractivity contribution >= 4 is 17.7 Å². The van der Waals surface area contributed by atoms with Crippen LogP contribution in [0.15, 0.2) is 53.4 Å². The van der Waals surface area contributed by atoms with Gasteiger partial charge in [0.05, 0.1) is 7.11 Å². The molecule has 4 nitrogen and oxygen atoms in total. The molecule has 3 aromatic carbocycles. The number of aliphatic carboxylic acids is 1. The number of carbonyl (C=O) groups is 1. The molecule has 1 N–H and O–H groups in total. The second-order valence-electron chi connectivity index (χ2n) is 8.54. The minimum atomic E-state index is -0.833. The van der Waals surface area contributed by atoms with Crippen LogP contribution in [-0.4, -0.2) is 23.9 Å². The molecule has 1 atom stereocenters. The van der Waals surface area contributed by atoms with Crippen molar-refractivity contribution in [3.63, 3.8) is 0 Å². The first-order valence-electron chi connectivity index (χ1n) is 11.3. The van der Waals surface area contributed by atoms with Gasteiger partial charge >= 0.3 is 0 Å². The highest BCUT2D eigenvalue weighted by Gasteiger charge is 2.28. The fourth-order valence-corrected chi connectivity index (χ4v) is 5.92. The molecule has 0 bridgehead atoms. The maximum absolute atomic E-state index is 9.00. The number of thioether (sulfide) groups is 1. The minimum absolute atomic E-state index is 0.133. The molecule has 0 radical (unpaired) electrons. The molecule has 172 valence electrons. The van der Waals surface area contributed by atoms with Crippen molar-refractivity contribution in [2.24, 2.45) is 0 Å². The van der Waals surface area contributed by atoms with E-state index >= 15 is 0 Å². The van der Waals surface area contributed by atoms with Gasteiger partial charge in [0.25, 0.3) is 5.97 Å². The number of carboxylic acids is 1. The van der Waals surface area contributed by atoms with Gasteiger partial charge in [-0.1, -0.05) is 24.3 Å². The van der Waals surface area contributed by atoms with Gasteiger partial charge in [0, 0.05) is 17.6 Å². The monoisotopic (exact) mass is 462 g/mol. The highest BCUT2D eigenvalue weighted by Crippen LogP contribution is 2.43. The summed E-state index contributed by atoms with van der Waals surface area (Å²) in [4.78, 5) is 10.4. The summed E-state index contributed by atoms with van der Waals surface area (Å²) in [5, 5.41) is 7.42. The molecule has 2 aliphatic rings. The second kappa shape index (κ2) is 9.92. The molecule has 0 spiro atoms. The predicted octanol–water partition coefficient (Wildman–Crippen LogP) is 6.78. The fraction of sp³-hybridized carbons (Fsp3) is 0.321. The number of hydrogen-bond acceptors (Lipinski definition) is 4. The van der Waals surface area contributed by atoms with E-state index in [9.17, 15) is 0 Å². The summed E-state index contributed by atoms with van der Waals surface area (Å²) < 4.78 is 11.9. The second-order valence-corrected chi connectivity index (χ2v) is 9.68. The van der Waals surface area contributed by atoms with Gasteiger partial charge in [0.15, 0.2) is 0 Å². The lowest BCUT2D eigenvalue weighted by Crippen LogP contribution is -2.04. The number of carboxylic acid groups (broad SMARTS) is 1. The SMILES string of the molecule is CC(=O)O.COc1cc(C)c(-c2cccc3c2CCC3Oc2ccc3c(c2)SCC3)c(C)c1. The largest absolute Gasteiger partial charge is 0.497 e. The van der Waals surface area contributed by atoms with Crippen molar-refractivity contribution in [1.82, 2.24) is 0 Å². The maximum Gasteiger partial charge on any atom is 0.300 e. The Morgan fingerprint density at radius 2 is 1.76 bits per heavy atom. The number of ether oxygens (including phenoxy) is 2. The fourth-order valence-electron chi connectivity index (χ4n) is 4.82. The zero-order valence-corrected chi connectivity index (χ0v) is 20.4. The van der Waals surface area contributed by atoms with Crippen LogP contribution in [0.1, 0.15) is 47.3 Å². The van der Waals surface area contributed by atoms with E-state index in [1.807, 2.05) is 11.8 Å². The highest BCUT2D eigenvalue weighted by molar-refractivity contribution is 7.99. The summed E-state index contributed by atoms with van der Waals surface area (Å²) in [7, 11) is 1.73. The minimum Gasteiger partial charge on any atom is -0.497 e. The van der Waals surface area contributed by atoms with Crippen LogP contribution in [0.3, 0.4) is 0 Å². The standard InChI is InChI=1S/C26H26O2S.C2H4O2/c1-16-13-20(27-3)14-17(2)26(16)23-6-4-5-22-21(23)9-10-24(22)28-19-8-7-18-11-12-29-25(18)15-19;1-2(3)4/h4-8,13-15,24H,9-12H2,1-3H3;1H3,(H,3,4). The topological polar surface area (TPSA) is 55.8 Å². The van der Waals surface area contributed by atoms with E-state index in [1.54, 1.807) is 7.11 Å². The average Bonchev–Trinajstić information content (AvgIpc) is 3.40. The van der Waals surface area contributed by atoms with Crippen LogP contribution in [0.25, 0.3) is 11.1 Å². The van der Waals surface area contributed by atoms with Crippen LogP contribution in [0.4, 0.5) is 0 Å². The Kier molecular flexibility index (Phi) is 6.99. The quantitative estimate of drug-likeness (QED) is 0.463. The van der Waals surface area contributed by atoms with Crippen LogP contribution < -0.4 is 9.47 Å². The van der Waals surface area contributed by atoms with Gasteiger partial charge in [-0.25, -0.2) is 0 Å². The number of benzene rings is 3. The number of methoxy groups -OCH3 is 1. The van der Waals surface area contributed by atoms with E-state index in [4.69, 9.17) is 19.4 Å². The molecule has 0 saturated carbocycles. The van der Waals surface area contributed by atoms with E-state index in [-0.39, 0.29) is 6.10 Å². The van der Waals surface area contributed by atoms with Gasteiger partial charge in [-0.3, -0.25) is 4.79 Å². The normalized spacial score (nSPS) is 15.8. The maximum atomic E-state index is 9.00. The molecular formula is C28H30O4S. The van der Waals surface area contributed by atoms with Crippen molar-refractivity contribution in [2.45, 2.75) is 51.0 Å². The molecule has 0 aromatic heterocycles. The molecular weight excluding hydrogens is 432 g/mol. The van der Waals surface area contributed by atoms with E-state index in [1.165, 1.54) is 56.0 Å². The first kappa shape index (κ1) is 23.2. The Balaban J connectivity index is 0.000000601. The Morgan fingerprint density at radius 3 is 2.45 bits per heavy atom. The van der Waals surface area contributed by atoms with Crippen LogP contribution in [0.5, 0.6) is 11.5 Å². The van der Waals surface area contributed by atoms with Crippen LogP contribution >= 0.6 is 11.8 Å². The van der Waals surface area contributed by atoms with Crippen LogP contribution in [-0.2, 0) is 17.6 Å². The molecule has 1 unspecified atom stereocenters. The third kappa shape index (κ3) is 5.03. The molecule has 0 amide bonds. The Bertz CT molecular complexity index is 1160. The van der Waals surface area contributed by atoms with Gasteiger partial charge in [0.2, 0.25) is 0 Å². The molecule has 0 saturated heterocycles. The Labute approximate surface area is 199 Å². The van der Waals surface area contributed by atoms with Gasteiger partial charge in [-0.2, -0.15) is 0 Å². The first-order valence-corrected chi connectivity index (χ1v) is 12.2. The average molecular weight is 463 g/mol. The van der Waals surface area contributed by atoms with Gasteiger partial charge in [-0.15, -0.1) is 11.8 Å². The summed E-state index contributed by atoms with van der Waals surface area (Å²) in [6.07, 6.45) is 3.40. The van der Waals surface area contributed by atoms with E-state index in [0.29, 0.717) is 0 Å². The molecule has 5 heteroatoms. The molecule has 1 aliphatic heterocycles. The molecule has 33 heavy (non-hydrogen) atoms. The van der Waals surface area contributed by atoms with E-state index in [0.717, 1.165) is 31.3 Å². The number of hydrogen-bond donors (Lipinski definition) is 1. The van der Waals surface area contributed by atoms with Crippen molar-refractivity contribution < 1.29 is 19.4 Å². The predicted molar refractivity (Wildman–Crippen MR) is 134 cm³/mol. The number of fused-ring (bicyclic) bond motifs is 2. The van der Waals surface area contributed by atoms with Gasteiger partial charge in [0.1, 0.15) is 17.6 Å². The van der Waals surface area contributed by atoms with Crippen molar-refractivity contribution in [3.05, 3.63) is 76.3 Å². The van der Waals surface area contributed by atoms with E-state index < -0.39 is 5.97 Å². The number of aryl methyl sites for hydroxylation is 3. The lowest BCUT2D eigenvalue weighted by Gasteiger charge is -2.18. The summed E-state index contributed by atoms with van der Waals surface area (Å²) in [5.41, 5.74) is 9.43. The van der Waals surface area contributed by atoms with Crippen molar-refractivity contribution in [2.75, 3.05) is 12.9 Å². The smallest absolute Gasteiger partial charge is 0.300 e. The third-order valence-corrected chi connectivity index (χ3v) is 7.27. The zero-order chi connectivity index (χ0) is 23.5. The molecule has 1 heterocycles. The summed E-state index contributed by atoms with van der Waals surface area (Å²) in [6.45, 7) is 5.44. The lowest BCUT2D eigenvalue weighted by molar-refractivity contribution is -0.134. The summed E-state index contributed by atoms with van der Waals surface area (Å²) in [5.74, 6) is 2.28. The van der Waals surface area contributed by atoms with Gasteiger partial charge in [-0.05, 0) is 96.3 Å². The molecule has 5 rings (SSSR count). The lowest BCUT2D eigenvalue weighted by atomic mass is 9.90. The van der Waals surface area contributed by atoms with Crippen molar-refractivity contribution in [3.8, 4) is 22.6 Å². The summed E-state index contributed by atoms with van der Waals surface area (Å²) >= 11 is 1.94. The first-order chi connectivity index (χ1) is 15.9. The Morgan fingerprint density at radius 1 is 1.03 bits per heavy atom. The van der Waals surface area contributed by atoms with Crippen molar-refractivity contribution in [1.29, 1.82) is 0 Å². The van der Waals surface area contributed by atoms with E-state index in [2.05, 4.69) is 62.4 Å². The van der Waals surface area contributed by atoms with Crippen LogP contribution in [0, 0.1) is 13.8 Å². The third-order valence-electron chi connectivity index (χ3n) is 6.17. The molecule has 1 aliphatic carbocycles. The highest BCUT2D eigenvalue weighted by atomic mass is 32.2. The van der Waals surface area contributed by atoms with Gasteiger partial charge < -0.3 is 14.6 Å². The summed E-state index contributed by atoms with van der Waals surface area (Å²) in [6, 6.07) is 17.6. The molecule has 3 aromatic rings. The van der Waals surface area contributed by atoms with Crippen LogP contribution in [0.2, 0.25) is 0 Å². The zero-order valence-electron chi connectivity index (χ0n) is 19.6. The number of rotatable bonds is 4. The Hall–Kier alpha value is -2.92.